The minimum Gasteiger partial charge on any atom is -0.465 e. The molecular weight excluding hydrogens is 305 g/mol. The fraction of sp³-hybridized carbons (Fsp3) is 0.154. The predicted molar refractivity (Wildman–Crippen MR) is 68.6 cm³/mol. The van der Waals surface area contributed by atoms with E-state index >= 15 is 0 Å². The van der Waals surface area contributed by atoms with E-state index in [1.807, 2.05) is 6.07 Å². The van der Waals surface area contributed by atoms with Crippen LogP contribution in [0.2, 0.25) is 0 Å². The summed E-state index contributed by atoms with van der Waals surface area (Å²) in [6.45, 7) is 0. The maximum atomic E-state index is 12.6. The van der Waals surface area contributed by atoms with Gasteiger partial charge in [0.2, 0.25) is 0 Å². The second-order valence-electron chi connectivity index (χ2n) is 3.90. The van der Waals surface area contributed by atoms with E-state index in [-0.39, 0.29) is 21.7 Å². The van der Waals surface area contributed by atoms with Crippen LogP contribution < -0.4 is 0 Å². The van der Waals surface area contributed by atoms with Crippen LogP contribution in [-0.4, -0.2) is 18.1 Å². The number of aromatic nitrogens is 1. The lowest BCUT2D eigenvalue weighted by molar-refractivity contribution is -0.140. The van der Waals surface area contributed by atoms with Crippen LogP contribution >= 0.6 is 11.3 Å². The minimum absolute atomic E-state index is 0.000162. The number of hydrogen-bond donors (Lipinski definition) is 0. The molecule has 1 aromatic carbocycles. The molecule has 0 bridgehead atoms. The quantitative estimate of drug-likeness (QED) is 0.796. The van der Waals surface area contributed by atoms with Gasteiger partial charge in [0.15, 0.2) is 5.69 Å². The molecule has 0 aliphatic heterocycles. The Bertz CT molecular complexity index is 732. The summed E-state index contributed by atoms with van der Waals surface area (Å²) in [5.41, 5.74) is -0.636. The first kappa shape index (κ1) is 15.0. The molecule has 0 aliphatic carbocycles. The second-order valence-corrected chi connectivity index (χ2v) is 4.76. The first-order valence-corrected chi connectivity index (χ1v) is 6.40. The Balaban J connectivity index is 2.58. The van der Waals surface area contributed by atoms with Crippen molar-refractivity contribution in [3.8, 4) is 16.6 Å². The van der Waals surface area contributed by atoms with E-state index < -0.39 is 17.8 Å². The van der Waals surface area contributed by atoms with Gasteiger partial charge in [0, 0.05) is 10.9 Å². The number of nitriles is 1. The van der Waals surface area contributed by atoms with Gasteiger partial charge in [-0.25, -0.2) is 9.78 Å². The number of halogens is 3. The van der Waals surface area contributed by atoms with Crippen molar-refractivity contribution >= 4 is 17.3 Å². The first-order chi connectivity index (χ1) is 9.86. The SMILES string of the molecule is COC(=O)c1ccc(C#N)cc1-c1nc(C(F)(F)F)cs1. The molecule has 0 atom stereocenters. The smallest absolute Gasteiger partial charge is 0.434 e. The van der Waals surface area contributed by atoms with Gasteiger partial charge >= 0.3 is 12.1 Å². The molecule has 21 heavy (non-hydrogen) atoms. The van der Waals surface area contributed by atoms with Gasteiger partial charge in [-0.15, -0.1) is 11.3 Å². The standard InChI is InChI=1S/C13H7F3N2O2S/c1-20-12(19)8-3-2-7(5-17)4-9(8)11-18-10(6-21-11)13(14,15)16/h2-4,6H,1H3. The fourth-order valence-electron chi connectivity index (χ4n) is 1.61. The summed E-state index contributed by atoms with van der Waals surface area (Å²) < 4.78 is 42.3. The summed E-state index contributed by atoms with van der Waals surface area (Å²) in [6, 6.07) is 5.88. The third-order valence-corrected chi connectivity index (χ3v) is 3.45. The highest BCUT2D eigenvalue weighted by atomic mass is 32.1. The summed E-state index contributed by atoms with van der Waals surface area (Å²) in [4.78, 5) is 15.1. The molecule has 0 N–H and O–H groups in total. The van der Waals surface area contributed by atoms with E-state index in [4.69, 9.17) is 5.26 Å². The molecule has 0 fully saturated rings. The summed E-state index contributed by atoms with van der Waals surface area (Å²) >= 11 is 0.742. The van der Waals surface area contributed by atoms with Gasteiger partial charge in [-0.05, 0) is 18.2 Å². The van der Waals surface area contributed by atoms with Gasteiger partial charge in [-0.1, -0.05) is 0 Å². The van der Waals surface area contributed by atoms with Crippen molar-refractivity contribution in [2.75, 3.05) is 7.11 Å². The number of hydrogen-bond acceptors (Lipinski definition) is 5. The lowest BCUT2D eigenvalue weighted by atomic mass is 10.0. The third kappa shape index (κ3) is 3.03. The number of ether oxygens (including phenoxy) is 1. The summed E-state index contributed by atoms with van der Waals surface area (Å²) in [6.07, 6.45) is -4.56. The highest BCUT2D eigenvalue weighted by molar-refractivity contribution is 7.13. The molecule has 0 unspecified atom stereocenters. The average Bonchev–Trinajstić information content (AvgIpc) is 2.95. The van der Waals surface area contributed by atoms with Crippen molar-refractivity contribution < 1.29 is 22.7 Å². The Morgan fingerprint density at radius 3 is 2.67 bits per heavy atom. The van der Waals surface area contributed by atoms with Gasteiger partial charge in [0.05, 0.1) is 24.3 Å². The van der Waals surface area contributed by atoms with Crippen LogP contribution in [0, 0.1) is 11.3 Å². The van der Waals surface area contributed by atoms with E-state index in [2.05, 4.69) is 9.72 Å². The van der Waals surface area contributed by atoms with Gasteiger partial charge < -0.3 is 4.74 Å². The Kier molecular flexibility index (Phi) is 3.95. The predicted octanol–water partition coefficient (Wildman–Crippen LogP) is 3.49. The van der Waals surface area contributed by atoms with Crippen LogP contribution in [0.4, 0.5) is 13.2 Å². The number of carbonyl (C=O) groups is 1. The maximum absolute atomic E-state index is 12.6. The summed E-state index contributed by atoms with van der Waals surface area (Å²) in [5, 5.41) is 9.72. The summed E-state index contributed by atoms with van der Waals surface area (Å²) in [5.74, 6) is -0.710. The topological polar surface area (TPSA) is 63.0 Å². The van der Waals surface area contributed by atoms with Crippen molar-refractivity contribution in [3.63, 3.8) is 0 Å². The van der Waals surface area contributed by atoms with Gasteiger partial charge in [0.1, 0.15) is 5.01 Å². The van der Waals surface area contributed by atoms with Crippen LogP contribution in [0.3, 0.4) is 0 Å². The molecule has 0 radical (unpaired) electrons. The highest BCUT2D eigenvalue weighted by Gasteiger charge is 2.34. The Morgan fingerprint density at radius 1 is 1.43 bits per heavy atom. The van der Waals surface area contributed by atoms with Crippen molar-refractivity contribution in [2.24, 2.45) is 0 Å². The molecule has 2 aromatic rings. The third-order valence-electron chi connectivity index (χ3n) is 2.58. The number of rotatable bonds is 2. The molecule has 0 aliphatic rings. The molecule has 0 amide bonds. The van der Waals surface area contributed by atoms with Crippen LogP contribution in [0.1, 0.15) is 21.6 Å². The Labute approximate surface area is 121 Å². The lowest BCUT2D eigenvalue weighted by Gasteiger charge is -2.06. The van der Waals surface area contributed by atoms with Crippen molar-refractivity contribution in [1.29, 1.82) is 5.26 Å². The van der Waals surface area contributed by atoms with Crippen LogP contribution in [0.15, 0.2) is 23.6 Å². The van der Waals surface area contributed by atoms with Gasteiger partial charge in [-0.2, -0.15) is 18.4 Å². The first-order valence-electron chi connectivity index (χ1n) is 5.52. The fourth-order valence-corrected chi connectivity index (χ4v) is 2.46. The zero-order valence-corrected chi connectivity index (χ0v) is 11.4. The van der Waals surface area contributed by atoms with Crippen LogP contribution in [-0.2, 0) is 10.9 Å². The van der Waals surface area contributed by atoms with Gasteiger partial charge in [0.25, 0.3) is 0 Å². The highest BCUT2D eigenvalue weighted by Crippen LogP contribution is 2.35. The summed E-state index contributed by atoms with van der Waals surface area (Å²) in [7, 11) is 1.16. The molecule has 8 heteroatoms. The Hall–Kier alpha value is -2.40. The number of alkyl halides is 3. The number of benzene rings is 1. The number of carbonyl (C=O) groups excluding carboxylic acids is 1. The van der Waals surface area contributed by atoms with E-state index in [1.54, 1.807) is 0 Å². The zero-order valence-electron chi connectivity index (χ0n) is 10.6. The monoisotopic (exact) mass is 312 g/mol. The number of nitrogens with zero attached hydrogens (tertiary/aromatic N) is 2. The molecule has 1 heterocycles. The Morgan fingerprint density at radius 2 is 2.14 bits per heavy atom. The normalized spacial score (nSPS) is 11.0. The van der Waals surface area contributed by atoms with E-state index in [0.717, 1.165) is 23.8 Å². The van der Waals surface area contributed by atoms with Crippen molar-refractivity contribution in [1.82, 2.24) is 4.98 Å². The van der Waals surface area contributed by atoms with E-state index in [1.165, 1.54) is 18.2 Å². The second kappa shape index (κ2) is 5.54. The molecule has 0 spiro atoms. The molecule has 0 saturated carbocycles. The van der Waals surface area contributed by atoms with E-state index in [9.17, 15) is 18.0 Å². The van der Waals surface area contributed by atoms with Crippen molar-refractivity contribution in [3.05, 3.63) is 40.4 Å². The average molecular weight is 312 g/mol. The molecular formula is C13H7F3N2O2S. The number of methoxy groups -OCH3 is 1. The van der Waals surface area contributed by atoms with Crippen molar-refractivity contribution in [2.45, 2.75) is 6.18 Å². The minimum atomic E-state index is -4.56. The van der Waals surface area contributed by atoms with Crippen LogP contribution in [0.25, 0.3) is 10.6 Å². The maximum Gasteiger partial charge on any atom is 0.434 e. The van der Waals surface area contributed by atoms with Crippen LogP contribution in [0.5, 0.6) is 0 Å². The van der Waals surface area contributed by atoms with Gasteiger partial charge in [-0.3, -0.25) is 0 Å². The molecule has 0 saturated heterocycles. The zero-order chi connectivity index (χ0) is 15.6. The molecule has 2 rings (SSSR count). The molecule has 108 valence electrons. The molecule has 4 nitrogen and oxygen atoms in total. The largest absolute Gasteiger partial charge is 0.465 e. The lowest BCUT2D eigenvalue weighted by Crippen LogP contribution is -2.06. The molecule has 1 aromatic heterocycles. The number of thiazole rings is 1. The van der Waals surface area contributed by atoms with E-state index in [0.29, 0.717) is 0 Å². The number of esters is 1.